The molecule has 156 valence electrons. The number of imide groups is 1. The predicted molar refractivity (Wildman–Crippen MR) is 117 cm³/mol. The average molecular weight is 426 g/mol. The first kappa shape index (κ1) is 21.4. The Morgan fingerprint density at radius 1 is 1.07 bits per heavy atom. The molecule has 2 aromatic carbocycles. The van der Waals surface area contributed by atoms with Gasteiger partial charge in [0.05, 0.1) is 18.1 Å². The van der Waals surface area contributed by atoms with Crippen molar-refractivity contribution in [3.8, 4) is 11.5 Å². The molecule has 0 radical (unpaired) electrons. The van der Waals surface area contributed by atoms with Crippen molar-refractivity contribution in [2.45, 2.75) is 13.8 Å². The Hall–Kier alpha value is -3.26. The zero-order valence-corrected chi connectivity index (χ0v) is 17.5. The minimum atomic E-state index is -0.510. The van der Waals surface area contributed by atoms with Crippen molar-refractivity contribution in [1.29, 1.82) is 0 Å². The van der Waals surface area contributed by atoms with Gasteiger partial charge in [-0.2, -0.15) is 0 Å². The SMILES string of the molecule is CCOc1ccc(/C=C2\SC(=O)N(CC(=O)Nc3ccccc3)C2=O)c(OCC)c1. The van der Waals surface area contributed by atoms with Gasteiger partial charge in [-0.25, -0.2) is 0 Å². The summed E-state index contributed by atoms with van der Waals surface area (Å²) in [5.74, 6) is 0.256. The van der Waals surface area contributed by atoms with Crippen LogP contribution in [0.15, 0.2) is 53.4 Å². The highest BCUT2D eigenvalue weighted by atomic mass is 32.2. The van der Waals surface area contributed by atoms with Gasteiger partial charge in [0.1, 0.15) is 18.0 Å². The second-order valence-electron chi connectivity index (χ2n) is 6.25. The van der Waals surface area contributed by atoms with E-state index in [1.807, 2.05) is 19.9 Å². The molecule has 0 aliphatic carbocycles. The number of nitrogens with one attached hydrogen (secondary N) is 1. The first-order valence-electron chi connectivity index (χ1n) is 9.51. The summed E-state index contributed by atoms with van der Waals surface area (Å²) in [5, 5.41) is 2.18. The molecule has 0 unspecified atom stereocenters. The van der Waals surface area contributed by atoms with Crippen LogP contribution in [0.25, 0.3) is 6.08 Å². The lowest BCUT2D eigenvalue weighted by atomic mass is 10.1. The Kier molecular flexibility index (Phi) is 7.13. The molecule has 1 N–H and O–H groups in total. The van der Waals surface area contributed by atoms with E-state index in [4.69, 9.17) is 9.47 Å². The van der Waals surface area contributed by atoms with E-state index < -0.39 is 17.1 Å². The van der Waals surface area contributed by atoms with Gasteiger partial charge in [0.25, 0.3) is 11.1 Å². The monoisotopic (exact) mass is 426 g/mol. The van der Waals surface area contributed by atoms with Gasteiger partial charge in [0, 0.05) is 17.3 Å². The van der Waals surface area contributed by atoms with Crippen molar-refractivity contribution < 1.29 is 23.9 Å². The number of ether oxygens (including phenoxy) is 2. The number of carbonyl (C=O) groups excluding carboxylic acids is 3. The summed E-state index contributed by atoms with van der Waals surface area (Å²) >= 11 is 0.798. The molecule has 30 heavy (non-hydrogen) atoms. The maximum atomic E-state index is 12.7. The molecular formula is C22H22N2O5S. The van der Waals surface area contributed by atoms with Crippen molar-refractivity contribution >= 4 is 40.6 Å². The van der Waals surface area contributed by atoms with Crippen molar-refractivity contribution in [2.24, 2.45) is 0 Å². The summed E-state index contributed by atoms with van der Waals surface area (Å²) in [4.78, 5) is 38.4. The zero-order valence-electron chi connectivity index (χ0n) is 16.7. The lowest BCUT2D eigenvalue weighted by Gasteiger charge is -2.12. The standard InChI is InChI=1S/C22H22N2O5S/c1-3-28-17-11-10-15(18(13-17)29-4-2)12-19-21(26)24(22(27)30-19)14-20(25)23-16-8-6-5-7-9-16/h5-13H,3-4,14H2,1-2H3,(H,23,25)/b19-12-. The number of carbonyl (C=O) groups is 3. The minimum Gasteiger partial charge on any atom is -0.494 e. The molecule has 0 spiro atoms. The second-order valence-corrected chi connectivity index (χ2v) is 7.24. The largest absolute Gasteiger partial charge is 0.494 e. The molecule has 0 atom stereocenters. The number of para-hydroxylation sites is 1. The van der Waals surface area contributed by atoms with Crippen LogP contribution in [-0.4, -0.2) is 41.7 Å². The average Bonchev–Trinajstić information content (AvgIpc) is 2.98. The van der Waals surface area contributed by atoms with Gasteiger partial charge < -0.3 is 14.8 Å². The van der Waals surface area contributed by atoms with E-state index in [0.29, 0.717) is 36.0 Å². The fraction of sp³-hybridized carbons (Fsp3) is 0.227. The normalized spacial score (nSPS) is 14.9. The van der Waals surface area contributed by atoms with Crippen LogP contribution in [0.1, 0.15) is 19.4 Å². The van der Waals surface area contributed by atoms with Crippen LogP contribution in [0.5, 0.6) is 11.5 Å². The third-order valence-corrected chi connectivity index (χ3v) is 5.02. The highest BCUT2D eigenvalue weighted by Gasteiger charge is 2.36. The number of hydrogen-bond acceptors (Lipinski definition) is 6. The maximum absolute atomic E-state index is 12.7. The molecule has 3 rings (SSSR count). The smallest absolute Gasteiger partial charge is 0.294 e. The fourth-order valence-corrected chi connectivity index (χ4v) is 3.64. The van der Waals surface area contributed by atoms with Gasteiger partial charge >= 0.3 is 0 Å². The molecule has 1 saturated heterocycles. The second kappa shape index (κ2) is 9.98. The molecule has 3 amide bonds. The van der Waals surface area contributed by atoms with Crippen LogP contribution in [0.2, 0.25) is 0 Å². The Labute approximate surface area is 179 Å². The van der Waals surface area contributed by atoms with Crippen LogP contribution in [0.3, 0.4) is 0 Å². The van der Waals surface area contributed by atoms with Gasteiger partial charge in [-0.15, -0.1) is 0 Å². The van der Waals surface area contributed by atoms with E-state index >= 15 is 0 Å². The maximum Gasteiger partial charge on any atom is 0.294 e. The molecule has 0 bridgehead atoms. The van der Waals surface area contributed by atoms with Crippen LogP contribution in [0, 0.1) is 0 Å². The Morgan fingerprint density at radius 3 is 2.50 bits per heavy atom. The number of rotatable bonds is 8. The number of thioether (sulfide) groups is 1. The summed E-state index contributed by atoms with van der Waals surface area (Å²) in [6.45, 7) is 4.36. The molecule has 1 aliphatic rings. The van der Waals surface area contributed by atoms with Gasteiger partial charge in [0.15, 0.2) is 0 Å². The van der Waals surface area contributed by atoms with Gasteiger partial charge in [-0.1, -0.05) is 18.2 Å². The number of nitrogens with zero attached hydrogens (tertiary/aromatic N) is 1. The highest BCUT2D eigenvalue weighted by Crippen LogP contribution is 2.35. The molecule has 0 saturated carbocycles. The van der Waals surface area contributed by atoms with Crippen LogP contribution in [-0.2, 0) is 9.59 Å². The molecule has 7 nitrogen and oxygen atoms in total. The van der Waals surface area contributed by atoms with Crippen LogP contribution in [0.4, 0.5) is 10.5 Å². The van der Waals surface area contributed by atoms with E-state index in [2.05, 4.69) is 5.32 Å². The third kappa shape index (κ3) is 5.21. The van der Waals surface area contributed by atoms with Crippen LogP contribution < -0.4 is 14.8 Å². The summed E-state index contributed by atoms with van der Waals surface area (Å²) < 4.78 is 11.1. The van der Waals surface area contributed by atoms with Crippen molar-refractivity contribution in [1.82, 2.24) is 4.90 Å². The van der Waals surface area contributed by atoms with Crippen molar-refractivity contribution in [3.05, 3.63) is 59.0 Å². The zero-order chi connectivity index (χ0) is 21.5. The fourth-order valence-electron chi connectivity index (χ4n) is 2.81. The quantitative estimate of drug-likeness (QED) is 0.638. The summed E-state index contributed by atoms with van der Waals surface area (Å²) in [5.41, 5.74) is 1.25. The number of anilines is 1. The number of benzene rings is 2. The first-order chi connectivity index (χ1) is 14.5. The molecular weight excluding hydrogens is 404 g/mol. The van der Waals surface area contributed by atoms with E-state index in [0.717, 1.165) is 16.7 Å². The van der Waals surface area contributed by atoms with Crippen molar-refractivity contribution in [3.63, 3.8) is 0 Å². The predicted octanol–water partition coefficient (Wildman–Crippen LogP) is 4.16. The minimum absolute atomic E-state index is 0.234. The van der Waals surface area contributed by atoms with Crippen LogP contribution >= 0.6 is 11.8 Å². The number of amides is 3. The highest BCUT2D eigenvalue weighted by molar-refractivity contribution is 8.18. The van der Waals surface area contributed by atoms with Crippen molar-refractivity contribution in [2.75, 3.05) is 25.1 Å². The molecule has 1 fully saturated rings. The molecule has 1 aliphatic heterocycles. The van der Waals surface area contributed by atoms with Gasteiger partial charge in [-0.3, -0.25) is 19.3 Å². The molecule has 1 heterocycles. The molecule has 8 heteroatoms. The Morgan fingerprint density at radius 2 is 1.80 bits per heavy atom. The number of hydrogen-bond donors (Lipinski definition) is 1. The van der Waals surface area contributed by atoms with E-state index in [1.54, 1.807) is 48.5 Å². The summed E-state index contributed by atoms with van der Waals surface area (Å²) in [7, 11) is 0. The molecule has 2 aromatic rings. The summed E-state index contributed by atoms with van der Waals surface area (Å²) in [6, 6.07) is 14.1. The molecule has 0 aromatic heterocycles. The lowest BCUT2D eigenvalue weighted by Crippen LogP contribution is -2.36. The lowest BCUT2D eigenvalue weighted by molar-refractivity contribution is -0.127. The summed E-state index contributed by atoms with van der Waals surface area (Å²) in [6.07, 6.45) is 1.60. The van der Waals surface area contributed by atoms with Gasteiger partial charge in [-0.05, 0) is 56.0 Å². The van der Waals surface area contributed by atoms with E-state index in [1.165, 1.54) is 0 Å². The van der Waals surface area contributed by atoms with Gasteiger partial charge in [0.2, 0.25) is 5.91 Å². The Balaban J connectivity index is 1.75. The van der Waals surface area contributed by atoms with E-state index in [9.17, 15) is 14.4 Å². The topological polar surface area (TPSA) is 84.9 Å². The van der Waals surface area contributed by atoms with E-state index in [-0.39, 0.29) is 11.4 Å². The first-order valence-corrected chi connectivity index (χ1v) is 10.3. The third-order valence-electron chi connectivity index (χ3n) is 4.12. The Bertz CT molecular complexity index is 975.